The summed E-state index contributed by atoms with van der Waals surface area (Å²) in [4.78, 5) is 4.81. The Morgan fingerprint density at radius 3 is 2.40 bits per heavy atom. The van der Waals surface area contributed by atoms with E-state index in [2.05, 4.69) is 43.4 Å². The normalized spacial score (nSPS) is 20.9. The summed E-state index contributed by atoms with van der Waals surface area (Å²) in [6, 6.07) is 0.562. The average molecular weight is 461 g/mol. The van der Waals surface area contributed by atoms with E-state index in [0.717, 1.165) is 24.1 Å². The molecular weight excluding hydrogens is 425 g/mol. The van der Waals surface area contributed by atoms with Gasteiger partial charge in [0.05, 0.1) is 12.2 Å². The van der Waals surface area contributed by atoms with Crippen LogP contribution in [0.4, 0.5) is 0 Å². The van der Waals surface area contributed by atoms with Gasteiger partial charge in [-0.2, -0.15) is 5.10 Å². The first-order valence-corrected chi connectivity index (χ1v) is 9.59. The molecule has 1 aromatic rings. The molecule has 1 aliphatic rings. The number of hydrogen-bond acceptors (Lipinski definition) is 2. The van der Waals surface area contributed by atoms with Crippen molar-refractivity contribution in [3.8, 4) is 0 Å². The number of nitrogens with one attached hydrogen (secondary N) is 2. The Labute approximate surface area is 170 Å². The van der Waals surface area contributed by atoms with Gasteiger partial charge in [0.2, 0.25) is 0 Å². The molecule has 1 heterocycles. The highest BCUT2D eigenvalue weighted by molar-refractivity contribution is 14.0. The largest absolute Gasteiger partial charge is 0.357 e. The fourth-order valence-corrected chi connectivity index (χ4v) is 3.72. The van der Waals surface area contributed by atoms with Gasteiger partial charge in [-0.3, -0.25) is 4.68 Å². The van der Waals surface area contributed by atoms with Crippen LogP contribution in [-0.2, 0) is 13.6 Å². The smallest absolute Gasteiger partial charge is 0.191 e. The molecule has 0 bridgehead atoms. The van der Waals surface area contributed by atoms with Gasteiger partial charge in [-0.15, -0.1) is 24.0 Å². The molecule has 0 spiro atoms. The molecule has 0 saturated heterocycles. The van der Waals surface area contributed by atoms with E-state index in [1.54, 1.807) is 0 Å². The number of guanidine groups is 1. The van der Waals surface area contributed by atoms with Crippen LogP contribution in [0.2, 0.25) is 0 Å². The third-order valence-electron chi connectivity index (χ3n) is 5.28. The minimum atomic E-state index is 0. The summed E-state index contributed by atoms with van der Waals surface area (Å²) >= 11 is 0. The molecule has 0 aromatic carbocycles. The molecule has 0 unspecified atom stereocenters. The van der Waals surface area contributed by atoms with Crippen molar-refractivity contribution in [1.82, 2.24) is 20.4 Å². The molecule has 1 fully saturated rings. The summed E-state index contributed by atoms with van der Waals surface area (Å²) in [6.07, 6.45) is 7.94. The van der Waals surface area contributed by atoms with Crippen molar-refractivity contribution >= 4 is 29.9 Å². The van der Waals surface area contributed by atoms with Crippen molar-refractivity contribution in [3.63, 3.8) is 0 Å². The first-order valence-electron chi connectivity index (χ1n) is 9.59. The Balaban J connectivity index is 0.00000312. The summed E-state index contributed by atoms with van der Waals surface area (Å²) in [5.41, 5.74) is 3.52. The maximum atomic E-state index is 4.81. The maximum absolute atomic E-state index is 4.81. The van der Waals surface area contributed by atoms with Crippen LogP contribution < -0.4 is 10.6 Å². The average Bonchev–Trinajstić information content (AvgIpc) is 2.80. The molecule has 144 valence electrons. The van der Waals surface area contributed by atoms with Gasteiger partial charge in [0.25, 0.3) is 0 Å². The van der Waals surface area contributed by atoms with E-state index >= 15 is 0 Å². The second-order valence-corrected chi connectivity index (χ2v) is 7.12. The summed E-state index contributed by atoms with van der Waals surface area (Å²) in [7, 11) is 1.99. The van der Waals surface area contributed by atoms with Gasteiger partial charge in [0, 0.05) is 30.9 Å². The first-order chi connectivity index (χ1) is 11.5. The minimum Gasteiger partial charge on any atom is -0.357 e. The van der Waals surface area contributed by atoms with Crippen molar-refractivity contribution in [1.29, 1.82) is 0 Å². The highest BCUT2D eigenvalue weighted by Crippen LogP contribution is 2.27. The second-order valence-electron chi connectivity index (χ2n) is 7.12. The molecule has 5 nitrogen and oxygen atoms in total. The van der Waals surface area contributed by atoms with Crippen LogP contribution >= 0.6 is 24.0 Å². The molecule has 2 rings (SSSR count). The van der Waals surface area contributed by atoms with Crippen LogP contribution in [0.15, 0.2) is 4.99 Å². The van der Waals surface area contributed by atoms with Crippen molar-refractivity contribution in [3.05, 3.63) is 17.0 Å². The van der Waals surface area contributed by atoms with E-state index in [9.17, 15) is 0 Å². The quantitative estimate of drug-likeness (QED) is 0.382. The van der Waals surface area contributed by atoms with Crippen LogP contribution in [0.25, 0.3) is 0 Å². The van der Waals surface area contributed by atoms with Gasteiger partial charge in [-0.25, -0.2) is 4.99 Å². The zero-order valence-electron chi connectivity index (χ0n) is 16.6. The molecule has 1 aromatic heterocycles. The lowest BCUT2D eigenvalue weighted by molar-refractivity contribution is 0.295. The number of halogens is 1. The number of nitrogens with zero attached hydrogens (tertiary/aromatic N) is 3. The van der Waals surface area contributed by atoms with E-state index < -0.39 is 0 Å². The fraction of sp³-hybridized carbons (Fsp3) is 0.789. The molecule has 2 N–H and O–H groups in total. The molecule has 0 amide bonds. The first kappa shape index (κ1) is 22.3. The Morgan fingerprint density at radius 1 is 1.20 bits per heavy atom. The topological polar surface area (TPSA) is 54.2 Å². The highest BCUT2D eigenvalue weighted by Gasteiger charge is 2.21. The van der Waals surface area contributed by atoms with E-state index in [1.165, 1.54) is 49.8 Å². The number of rotatable bonds is 6. The Bertz CT molecular complexity index is 544. The number of aryl methyl sites for hydroxylation is 2. The van der Waals surface area contributed by atoms with Gasteiger partial charge < -0.3 is 10.6 Å². The van der Waals surface area contributed by atoms with Crippen LogP contribution in [0.1, 0.15) is 69.3 Å². The predicted octanol–water partition coefficient (Wildman–Crippen LogP) is 4.07. The molecule has 6 heteroatoms. The predicted molar refractivity (Wildman–Crippen MR) is 117 cm³/mol. The van der Waals surface area contributed by atoms with E-state index in [-0.39, 0.29) is 24.0 Å². The third kappa shape index (κ3) is 6.46. The van der Waals surface area contributed by atoms with Crippen LogP contribution in [0.3, 0.4) is 0 Å². The Hall–Kier alpha value is -0.790. The molecule has 0 atom stereocenters. The SMILES string of the molecule is CCCC1CCC(NC(=NCc2c(C)nn(C)c2C)NCC)CC1.I. The Kier molecular flexibility index (Phi) is 9.82. The zero-order valence-corrected chi connectivity index (χ0v) is 18.9. The Morgan fingerprint density at radius 2 is 1.88 bits per heavy atom. The molecule has 0 radical (unpaired) electrons. The van der Waals surface area contributed by atoms with Gasteiger partial charge in [0.1, 0.15) is 0 Å². The summed E-state index contributed by atoms with van der Waals surface area (Å²) in [6.45, 7) is 10.2. The third-order valence-corrected chi connectivity index (χ3v) is 5.28. The summed E-state index contributed by atoms with van der Waals surface area (Å²) in [5.74, 6) is 1.88. The minimum absolute atomic E-state index is 0. The monoisotopic (exact) mass is 461 g/mol. The van der Waals surface area contributed by atoms with E-state index in [0.29, 0.717) is 12.6 Å². The maximum Gasteiger partial charge on any atom is 0.191 e. The molecular formula is C19H36IN5. The number of aromatic nitrogens is 2. The molecule has 0 aliphatic heterocycles. The zero-order chi connectivity index (χ0) is 17.5. The van der Waals surface area contributed by atoms with Crippen LogP contribution in [-0.4, -0.2) is 28.3 Å². The van der Waals surface area contributed by atoms with Crippen molar-refractivity contribution in [2.45, 2.75) is 78.8 Å². The lowest BCUT2D eigenvalue weighted by Gasteiger charge is -2.30. The van der Waals surface area contributed by atoms with Gasteiger partial charge in [0.15, 0.2) is 5.96 Å². The van der Waals surface area contributed by atoms with Crippen LogP contribution in [0.5, 0.6) is 0 Å². The second kappa shape index (κ2) is 11.0. The number of hydrogen-bond donors (Lipinski definition) is 2. The summed E-state index contributed by atoms with van der Waals surface area (Å²) in [5, 5.41) is 11.5. The van der Waals surface area contributed by atoms with Gasteiger partial charge in [-0.1, -0.05) is 19.8 Å². The van der Waals surface area contributed by atoms with Crippen molar-refractivity contribution < 1.29 is 0 Å². The van der Waals surface area contributed by atoms with E-state index in [1.807, 2.05) is 11.7 Å². The molecule has 1 aliphatic carbocycles. The van der Waals surface area contributed by atoms with Crippen molar-refractivity contribution in [2.75, 3.05) is 6.54 Å². The van der Waals surface area contributed by atoms with Gasteiger partial charge >= 0.3 is 0 Å². The summed E-state index contributed by atoms with van der Waals surface area (Å²) < 4.78 is 1.94. The fourth-order valence-electron chi connectivity index (χ4n) is 3.72. The lowest BCUT2D eigenvalue weighted by atomic mass is 9.83. The molecule has 1 saturated carbocycles. The molecule has 25 heavy (non-hydrogen) atoms. The van der Waals surface area contributed by atoms with Crippen molar-refractivity contribution in [2.24, 2.45) is 18.0 Å². The van der Waals surface area contributed by atoms with Crippen LogP contribution in [0, 0.1) is 19.8 Å². The van der Waals surface area contributed by atoms with Gasteiger partial charge in [-0.05, 0) is 52.4 Å². The van der Waals surface area contributed by atoms with E-state index in [4.69, 9.17) is 4.99 Å². The lowest BCUT2D eigenvalue weighted by Crippen LogP contribution is -2.44. The standard InChI is InChI=1S/C19H35N5.HI/c1-6-8-16-9-11-17(12-10-16)22-19(20-7-2)21-13-18-14(3)23-24(5)15(18)4;/h16-17H,6-13H2,1-5H3,(H2,20,21,22);1H. The number of aliphatic imine (C=N–C) groups is 1. The highest BCUT2D eigenvalue weighted by atomic mass is 127.